The lowest BCUT2D eigenvalue weighted by molar-refractivity contribution is 0.0716. The molecule has 1 aliphatic heterocycles. The van der Waals surface area contributed by atoms with Gasteiger partial charge in [0.1, 0.15) is 5.82 Å². The summed E-state index contributed by atoms with van der Waals surface area (Å²) in [5, 5.41) is 3.41. The fourth-order valence-corrected chi connectivity index (χ4v) is 2.43. The van der Waals surface area contributed by atoms with E-state index in [1.807, 2.05) is 0 Å². The number of nitrogens with zero attached hydrogens (tertiary/aromatic N) is 2. The second-order valence-corrected chi connectivity index (χ2v) is 5.04. The molecule has 0 saturated heterocycles. The van der Waals surface area contributed by atoms with Crippen molar-refractivity contribution < 1.29 is 9.47 Å². The molecule has 0 fully saturated rings. The van der Waals surface area contributed by atoms with E-state index in [1.54, 1.807) is 7.11 Å². The van der Waals surface area contributed by atoms with Gasteiger partial charge >= 0.3 is 0 Å². The summed E-state index contributed by atoms with van der Waals surface area (Å²) in [6.07, 6.45) is 3.94. The number of hydrogen-bond donors (Lipinski definition) is 1. The molecule has 1 aromatic heterocycles. The van der Waals surface area contributed by atoms with Crippen LogP contribution in [0.2, 0.25) is 0 Å². The molecule has 0 amide bonds. The van der Waals surface area contributed by atoms with Gasteiger partial charge in [0, 0.05) is 44.3 Å². The smallest absolute Gasteiger partial charge is 0.131 e. The van der Waals surface area contributed by atoms with Gasteiger partial charge < -0.3 is 14.8 Å². The first-order valence-corrected chi connectivity index (χ1v) is 7.50. The van der Waals surface area contributed by atoms with E-state index in [2.05, 4.69) is 12.2 Å². The van der Waals surface area contributed by atoms with Crippen LogP contribution in [0.4, 0.5) is 0 Å². The Hall–Kier alpha value is -1.04. The number of nitrogens with one attached hydrogen (secondary N) is 1. The number of fused-ring (bicyclic) bond motifs is 1. The summed E-state index contributed by atoms with van der Waals surface area (Å²) in [6, 6.07) is 0. The Bertz CT molecular complexity index is 424. The van der Waals surface area contributed by atoms with Crippen LogP contribution in [-0.4, -0.2) is 43.4 Å². The van der Waals surface area contributed by atoms with E-state index in [9.17, 15) is 0 Å². The van der Waals surface area contributed by atoms with Crippen molar-refractivity contribution in [2.75, 3.05) is 33.5 Å². The van der Waals surface area contributed by atoms with Gasteiger partial charge in [0.2, 0.25) is 0 Å². The Labute approximate surface area is 121 Å². The third-order valence-corrected chi connectivity index (χ3v) is 3.45. The van der Waals surface area contributed by atoms with Crippen LogP contribution in [-0.2, 0) is 35.3 Å². The summed E-state index contributed by atoms with van der Waals surface area (Å²) in [5.74, 6) is 0.923. The number of aryl methyl sites for hydroxylation is 1. The number of rotatable bonds is 8. The average molecular weight is 279 g/mol. The lowest BCUT2D eigenvalue weighted by atomic mass is 10.0. The maximum absolute atomic E-state index is 5.50. The summed E-state index contributed by atoms with van der Waals surface area (Å²) in [6.45, 7) is 6.05. The predicted molar refractivity (Wildman–Crippen MR) is 77.8 cm³/mol. The quantitative estimate of drug-likeness (QED) is 0.727. The van der Waals surface area contributed by atoms with E-state index >= 15 is 0 Å². The lowest BCUT2D eigenvalue weighted by Crippen LogP contribution is -2.27. The van der Waals surface area contributed by atoms with E-state index in [-0.39, 0.29) is 0 Å². The van der Waals surface area contributed by atoms with Gasteiger partial charge in [0.05, 0.1) is 25.5 Å². The summed E-state index contributed by atoms with van der Waals surface area (Å²) < 4.78 is 10.5. The first kappa shape index (κ1) is 15.4. The van der Waals surface area contributed by atoms with Crippen molar-refractivity contribution in [3.63, 3.8) is 0 Å². The van der Waals surface area contributed by atoms with Gasteiger partial charge in [0.15, 0.2) is 0 Å². The predicted octanol–water partition coefficient (Wildman–Crippen LogP) is 1.28. The molecule has 0 aromatic carbocycles. The molecule has 5 heteroatoms. The molecular formula is C15H25N3O2. The number of methoxy groups -OCH3 is 1. The fraction of sp³-hybridized carbons (Fsp3) is 0.733. The van der Waals surface area contributed by atoms with Gasteiger partial charge in [0.25, 0.3) is 0 Å². The first-order valence-electron chi connectivity index (χ1n) is 7.50. The molecular weight excluding hydrogens is 254 g/mol. The van der Waals surface area contributed by atoms with Crippen LogP contribution in [0.5, 0.6) is 0 Å². The highest BCUT2D eigenvalue weighted by Gasteiger charge is 2.16. The highest BCUT2D eigenvalue weighted by molar-refractivity contribution is 5.28. The third kappa shape index (κ3) is 4.23. The van der Waals surface area contributed by atoms with Gasteiger partial charge in [-0.3, -0.25) is 0 Å². The maximum Gasteiger partial charge on any atom is 0.131 e. The molecule has 2 heterocycles. The molecule has 0 spiro atoms. The Morgan fingerprint density at radius 3 is 2.85 bits per heavy atom. The van der Waals surface area contributed by atoms with Crippen LogP contribution < -0.4 is 5.32 Å². The monoisotopic (exact) mass is 279 g/mol. The number of ether oxygens (including phenoxy) is 2. The van der Waals surface area contributed by atoms with E-state index in [0.717, 1.165) is 44.6 Å². The van der Waals surface area contributed by atoms with Gasteiger partial charge in [-0.2, -0.15) is 0 Å². The van der Waals surface area contributed by atoms with Crippen molar-refractivity contribution in [2.45, 2.75) is 39.2 Å². The summed E-state index contributed by atoms with van der Waals surface area (Å²) in [5.41, 5.74) is 3.77. The Kier molecular flexibility index (Phi) is 6.36. The minimum absolute atomic E-state index is 0.632. The van der Waals surface area contributed by atoms with Crippen molar-refractivity contribution in [1.29, 1.82) is 0 Å². The topological polar surface area (TPSA) is 56.3 Å². The van der Waals surface area contributed by atoms with Gasteiger partial charge in [-0.15, -0.1) is 0 Å². The molecule has 0 radical (unpaired) electrons. The number of hydrogen-bond acceptors (Lipinski definition) is 5. The van der Waals surface area contributed by atoms with E-state index in [0.29, 0.717) is 19.8 Å². The van der Waals surface area contributed by atoms with Gasteiger partial charge in [-0.1, -0.05) is 13.3 Å². The molecule has 2 rings (SSSR count). The van der Waals surface area contributed by atoms with Crippen molar-refractivity contribution in [2.24, 2.45) is 0 Å². The van der Waals surface area contributed by atoms with Crippen LogP contribution in [0.3, 0.4) is 0 Å². The van der Waals surface area contributed by atoms with Crippen molar-refractivity contribution >= 4 is 0 Å². The minimum atomic E-state index is 0.632. The molecule has 112 valence electrons. The van der Waals surface area contributed by atoms with E-state index in [4.69, 9.17) is 19.4 Å². The standard InChI is InChI=1S/C15H25N3O2/c1-3-4-13-12-11-16-7-5-14(12)18-15(17-13)6-8-20-10-9-19-2/h16H,3-11H2,1-2H3. The van der Waals surface area contributed by atoms with Crippen LogP contribution >= 0.6 is 0 Å². The normalized spacial score (nSPS) is 14.3. The van der Waals surface area contributed by atoms with Gasteiger partial charge in [-0.25, -0.2) is 9.97 Å². The molecule has 0 unspecified atom stereocenters. The fourth-order valence-electron chi connectivity index (χ4n) is 2.43. The molecule has 0 saturated carbocycles. The van der Waals surface area contributed by atoms with E-state index < -0.39 is 0 Å². The van der Waals surface area contributed by atoms with Crippen molar-refractivity contribution in [1.82, 2.24) is 15.3 Å². The number of aromatic nitrogens is 2. The van der Waals surface area contributed by atoms with Crippen LogP contribution in [0.1, 0.15) is 36.1 Å². The maximum atomic E-state index is 5.50. The largest absolute Gasteiger partial charge is 0.382 e. The molecule has 0 bridgehead atoms. The lowest BCUT2D eigenvalue weighted by Gasteiger charge is -2.20. The van der Waals surface area contributed by atoms with Crippen LogP contribution in [0.25, 0.3) is 0 Å². The second kappa shape index (κ2) is 8.29. The third-order valence-electron chi connectivity index (χ3n) is 3.45. The Balaban J connectivity index is 2.00. The van der Waals surface area contributed by atoms with Crippen LogP contribution in [0.15, 0.2) is 0 Å². The van der Waals surface area contributed by atoms with Gasteiger partial charge in [-0.05, 0) is 6.42 Å². The summed E-state index contributed by atoms with van der Waals surface area (Å²) in [7, 11) is 1.68. The first-order chi connectivity index (χ1) is 9.85. The summed E-state index contributed by atoms with van der Waals surface area (Å²) >= 11 is 0. The molecule has 1 aromatic rings. The molecule has 5 nitrogen and oxygen atoms in total. The summed E-state index contributed by atoms with van der Waals surface area (Å²) in [4.78, 5) is 9.44. The zero-order valence-electron chi connectivity index (χ0n) is 12.6. The molecule has 0 aliphatic carbocycles. The average Bonchev–Trinajstić information content (AvgIpc) is 2.47. The Morgan fingerprint density at radius 1 is 1.15 bits per heavy atom. The highest BCUT2D eigenvalue weighted by Crippen LogP contribution is 2.17. The molecule has 1 N–H and O–H groups in total. The minimum Gasteiger partial charge on any atom is -0.382 e. The SMILES string of the molecule is CCCc1nc(CCOCCOC)nc2c1CNCC2. The zero-order chi connectivity index (χ0) is 14.2. The zero-order valence-corrected chi connectivity index (χ0v) is 12.6. The van der Waals surface area contributed by atoms with E-state index in [1.165, 1.54) is 17.0 Å². The Morgan fingerprint density at radius 2 is 2.05 bits per heavy atom. The second-order valence-electron chi connectivity index (χ2n) is 5.04. The van der Waals surface area contributed by atoms with Crippen molar-refractivity contribution in [3.8, 4) is 0 Å². The molecule has 0 atom stereocenters. The van der Waals surface area contributed by atoms with Crippen LogP contribution in [0, 0.1) is 0 Å². The molecule has 1 aliphatic rings. The highest BCUT2D eigenvalue weighted by atomic mass is 16.5. The van der Waals surface area contributed by atoms with Crippen molar-refractivity contribution in [3.05, 3.63) is 22.8 Å². The molecule has 20 heavy (non-hydrogen) atoms.